The number of nitrogens with one attached hydrogen (secondary N) is 1. The van der Waals surface area contributed by atoms with Gasteiger partial charge in [0.05, 0.1) is 0 Å². The van der Waals surface area contributed by atoms with E-state index in [9.17, 15) is 18.0 Å². The summed E-state index contributed by atoms with van der Waals surface area (Å²) in [6.45, 7) is 0.249. The number of hydrogen-bond acceptors (Lipinski definition) is 6. The number of carbonyl (C=O) groups is 1. The van der Waals surface area contributed by atoms with Crippen molar-refractivity contribution in [2.75, 3.05) is 12.4 Å². The Bertz CT molecular complexity index is 1330. The standard InChI is InChI=1S/C24H18F3N3O4/c1-32-14-21-28-11-10-22(30-21)33-17-8-9-19-15(12-17)4-2-7-20(19)23(31)29-16-5-3-6-18(13-16)34-24(25,26)27/h2-13H,14H2,1H3,(H,29,31). The maximum Gasteiger partial charge on any atom is 0.573 e. The van der Waals surface area contributed by atoms with E-state index in [0.717, 1.165) is 17.5 Å². The number of halogens is 3. The van der Waals surface area contributed by atoms with Crippen LogP contribution in [0.4, 0.5) is 18.9 Å². The van der Waals surface area contributed by atoms with Crippen molar-refractivity contribution >= 4 is 22.4 Å². The zero-order valence-electron chi connectivity index (χ0n) is 17.8. The van der Waals surface area contributed by atoms with Gasteiger partial charge in [0.15, 0.2) is 5.82 Å². The van der Waals surface area contributed by atoms with E-state index in [1.807, 2.05) is 6.07 Å². The van der Waals surface area contributed by atoms with Crippen LogP contribution in [0.3, 0.4) is 0 Å². The first-order chi connectivity index (χ1) is 16.3. The van der Waals surface area contributed by atoms with Gasteiger partial charge < -0.3 is 19.5 Å². The van der Waals surface area contributed by atoms with Crippen LogP contribution >= 0.6 is 0 Å². The molecular weight excluding hydrogens is 451 g/mol. The minimum Gasteiger partial charge on any atom is -0.439 e. The van der Waals surface area contributed by atoms with Crippen molar-refractivity contribution < 1.29 is 32.2 Å². The van der Waals surface area contributed by atoms with Gasteiger partial charge >= 0.3 is 6.36 Å². The average Bonchev–Trinajstić information content (AvgIpc) is 2.78. The first-order valence-electron chi connectivity index (χ1n) is 9.99. The van der Waals surface area contributed by atoms with E-state index in [1.54, 1.807) is 49.7 Å². The number of rotatable bonds is 7. The molecular formula is C24H18F3N3O4. The molecule has 0 saturated carbocycles. The predicted molar refractivity (Wildman–Crippen MR) is 118 cm³/mol. The number of carbonyl (C=O) groups excluding carboxylic acids is 1. The number of alkyl halides is 3. The molecule has 1 aromatic heterocycles. The monoisotopic (exact) mass is 469 g/mol. The summed E-state index contributed by atoms with van der Waals surface area (Å²) in [6.07, 6.45) is -3.26. The molecule has 1 N–H and O–H groups in total. The maximum absolute atomic E-state index is 12.9. The molecule has 10 heteroatoms. The highest BCUT2D eigenvalue weighted by molar-refractivity contribution is 6.13. The summed E-state index contributed by atoms with van der Waals surface area (Å²) < 4.78 is 52.1. The molecule has 1 amide bonds. The van der Waals surface area contributed by atoms with Gasteiger partial charge in [0.2, 0.25) is 5.88 Å². The third-order valence-electron chi connectivity index (χ3n) is 4.60. The normalized spacial score (nSPS) is 11.3. The quantitative estimate of drug-likeness (QED) is 0.373. The molecule has 3 aromatic carbocycles. The van der Waals surface area contributed by atoms with Crippen molar-refractivity contribution in [2.24, 2.45) is 0 Å². The van der Waals surface area contributed by atoms with E-state index >= 15 is 0 Å². The highest BCUT2D eigenvalue weighted by Gasteiger charge is 2.31. The first kappa shape index (κ1) is 23.0. The molecule has 174 valence electrons. The lowest BCUT2D eigenvalue weighted by molar-refractivity contribution is -0.274. The van der Waals surface area contributed by atoms with Crippen molar-refractivity contribution in [3.05, 3.63) is 84.3 Å². The smallest absolute Gasteiger partial charge is 0.439 e. The predicted octanol–water partition coefficient (Wildman–Crippen LogP) is 5.72. The molecule has 7 nitrogen and oxygen atoms in total. The highest BCUT2D eigenvalue weighted by Crippen LogP contribution is 2.28. The van der Waals surface area contributed by atoms with Crippen molar-refractivity contribution in [1.29, 1.82) is 0 Å². The zero-order valence-corrected chi connectivity index (χ0v) is 17.8. The fourth-order valence-corrected chi connectivity index (χ4v) is 3.25. The molecule has 0 bridgehead atoms. The summed E-state index contributed by atoms with van der Waals surface area (Å²) >= 11 is 0. The van der Waals surface area contributed by atoms with Crippen LogP contribution in [0.15, 0.2) is 72.9 Å². The van der Waals surface area contributed by atoms with Crippen LogP contribution in [0, 0.1) is 0 Å². The summed E-state index contributed by atoms with van der Waals surface area (Å²) in [5.41, 5.74) is 0.509. The minimum atomic E-state index is -4.82. The van der Waals surface area contributed by atoms with Crippen LogP contribution in [0.5, 0.6) is 17.4 Å². The van der Waals surface area contributed by atoms with Crippen LogP contribution in [0.1, 0.15) is 16.2 Å². The lowest BCUT2D eigenvalue weighted by Crippen LogP contribution is -2.17. The second-order valence-corrected chi connectivity index (χ2v) is 7.06. The molecule has 4 rings (SSSR count). The number of aromatic nitrogens is 2. The molecule has 4 aromatic rings. The van der Waals surface area contributed by atoms with E-state index < -0.39 is 18.0 Å². The number of fused-ring (bicyclic) bond motifs is 1. The Labute approximate surface area is 192 Å². The largest absolute Gasteiger partial charge is 0.573 e. The lowest BCUT2D eigenvalue weighted by Gasteiger charge is -2.12. The third-order valence-corrected chi connectivity index (χ3v) is 4.60. The van der Waals surface area contributed by atoms with Crippen molar-refractivity contribution in [3.8, 4) is 17.4 Å². The van der Waals surface area contributed by atoms with Gasteiger partial charge in [-0.25, -0.2) is 4.98 Å². The second-order valence-electron chi connectivity index (χ2n) is 7.06. The number of anilines is 1. The summed E-state index contributed by atoms with van der Waals surface area (Å²) in [5.74, 6) is 0.414. The van der Waals surface area contributed by atoms with Crippen LogP contribution in [-0.2, 0) is 11.3 Å². The topological polar surface area (TPSA) is 82.6 Å². The van der Waals surface area contributed by atoms with Gasteiger partial charge in [0, 0.05) is 36.7 Å². The number of ether oxygens (including phenoxy) is 3. The molecule has 0 saturated heterocycles. The molecule has 0 spiro atoms. The molecule has 1 heterocycles. The molecule has 0 atom stereocenters. The molecule has 0 unspecified atom stereocenters. The Morgan fingerprint density at radius 2 is 1.82 bits per heavy atom. The Morgan fingerprint density at radius 3 is 2.62 bits per heavy atom. The van der Waals surface area contributed by atoms with Crippen molar-refractivity contribution in [1.82, 2.24) is 9.97 Å². The summed E-state index contributed by atoms with van der Waals surface area (Å²) in [4.78, 5) is 21.2. The van der Waals surface area contributed by atoms with E-state index in [4.69, 9.17) is 9.47 Å². The molecule has 0 radical (unpaired) electrons. The van der Waals surface area contributed by atoms with Gasteiger partial charge in [-0.1, -0.05) is 18.2 Å². The summed E-state index contributed by atoms with van der Waals surface area (Å²) in [5, 5.41) is 3.97. The maximum atomic E-state index is 12.9. The lowest BCUT2D eigenvalue weighted by atomic mass is 10.0. The van der Waals surface area contributed by atoms with Gasteiger partial charge in [0.25, 0.3) is 5.91 Å². The van der Waals surface area contributed by atoms with Crippen molar-refractivity contribution in [3.63, 3.8) is 0 Å². The van der Waals surface area contributed by atoms with Gasteiger partial charge in [0.1, 0.15) is 18.1 Å². The van der Waals surface area contributed by atoms with E-state index in [2.05, 4.69) is 20.0 Å². The van der Waals surface area contributed by atoms with Gasteiger partial charge in [-0.2, -0.15) is 4.98 Å². The van der Waals surface area contributed by atoms with Crippen LogP contribution in [-0.4, -0.2) is 29.3 Å². The Hall–Kier alpha value is -4.18. The van der Waals surface area contributed by atoms with Gasteiger partial charge in [-0.05, 0) is 47.2 Å². The Balaban J connectivity index is 1.54. The fourth-order valence-electron chi connectivity index (χ4n) is 3.25. The third kappa shape index (κ3) is 5.78. The number of nitrogens with zero attached hydrogens (tertiary/aromatic N) is 2. The van der Waals surface area contributed by atoms with Crippen LogP contribution in [0.2, 0.25) is 0 Å². The fraction of sp³-hybridized carbons (Fsp3) is 0.125. The Kier molecular flexibility index (Phi) is 6.60. The van der Waals surface area contributed by atoms with Crippen LogP contribution < -0.4 is 14.8 Å². The second kappa shape index (κ2) is 9.75. The van der Waals surface area contributed by atoms with Gasteiger partial charge in [-0.3, -0.25) is 4.79 Å². The molecule has 0 aliphatic heterocycles. The van der Waals surface area contributed by atoms with E-state index in [-0.39, 0.29) is 12.3 Å². The average molecular weight is 469 g/mol. The molecule has 0 aliphatic rings. The minimum absolute atomic E-state index is 0.166. The molecule has 0 fully saturated rings. The van der Waals surface area contributed by atoms with E-state index in [0.29, 0.717) is 28.4 Å². The molecule has 0 aliphatic carbocycles. The Morgan fingerprint density at radius 1 is 1.00 bits per heavy atom. The van der Waals surface area contributed by atoms with Crippen LogP contribution in [0.25, 0.3) is 10.8 Å². The number of hydrogen-bond donors (Lipinski definition) is 1. The highest BCUT2D eigenvalue weighted by atomic mass is 19.4. The first-order valence-corrected chi connectivity index (χ1v) is 9.99. The van der Waals surface area contributed by atoms with Crippen molar-refractivity contribution in [2.45, 2.75) is 13.0 Å². The molecule has 34 heavy (non-hydrogen) atoms. The van der Waals surface area contributed by atoms with Gasteiger partial charge in [-0.15, -0.1) is 13.2 Å². The number of amides is 1. The number of benzene rings is 3. The zero-order chi connectivity index (χ0) is 24.1. The summed E-state index contributed by atoms with van der Waals surface area (Å²) in [7, 11) is 1.54. The van der Waals surface area contributed by atoms with E-state index in [1.165, 1.54) is 12.1 Å². The SMILES string of the molecule is COCc1nccc(Oc2ccc3c(C(=O)Nc4cccc(OC(F)(F)F)c4)cccc3c2)n1. The summed E-state index contributed by atoms with van der Waals surface area (Å²) in [6, 6.07) is 17.0. The number of methoxy groups -OCH3 is 1.